The molecule has 0 saturated heterocycles. The van der Waals surface area contributed by atoms with E-state index in [2.05, 4.69) is 31.2 Å². The molecule has 0 saturated carbocycles. The van der Waals surface area contributed by atoms with Crippen molar-refractivity contribution >= 4 is 38.9 Å². The molecular weight excluding hydrogens is 416 g/mol. The molecule has 0 aliphatic rings. The summed E-state index contributed by atoms with van der Waals surface area (Å²) in [5.41, 5.74) is 0.552. The van der Waals surface area contributed by atoms with Gasteiger partial charge in [0.25, 0.3) is 0 Å². The molecule has 9 heteroatoms. The van der Waals surface area contributed by atoms with Gasteiger partial charge in [-0.3, -0.25) is 14.9 Å². The summed E-state index contributed by atoms with van der Waals surface area (Å²) in [5, 5.41) is 14.4. The number of benzene rings is 2. The normalized spacial score (nSPS) is 10.3. The van der Waals surface area contributed by atoms with Gasteiger partial charge in [0.2, 0.25) is 5.82 Å². The lowest BCUT2D eigenvalue weighted by molar-refractivity contribution is -0.385. The fourth-order valence-electron chi connectivity index (χ4n) is 2.26. The number of hydrogen-bond acceptors (Lipinski definition) is 7. The standard InChI is InChI=1S/C18H13BrN4O4/c1-11(24)12-3-2-4-14(9-12)22-17-16(23(25)26)18(21-10-20-17)27-15-7-5-13(19)6-8-15/h2-10H,1H3,(H,20,21,22). The first-order valence-electron chi connectivity index (χ1n) is 7.75. The van der Waals surface area contributed by atoms with Gasteiger partial charge in [0.05, 0.1) is 4.92 Å². The zero-order valence-corrected chi connectivity index (χ0v) is 15.6. The van der Waals surface area contributed by atoms with E-state index in [9.17, 15) is 14.9 Å². The Bertz CT molecular complexity index is 1010. The number of ether oxygens (including phenoxy) is 1. The van der Waals surface area contributed by atoms with Gasteiger partial charge < -0.3 is 10.1 Å². The predicted molar refractivity (Wildman–Crippen MR) is 103 cm³/mol. The molecule has 0 spiro atoms. The van der Waals surface area contributed by atoms with E-state index in [1.165, 1.54) is 13.3 Å². The Hall–Kier alpha value is -3.33. The average molecular weight is 429 g/mol. The van der Waals surface area contributed by atoms with Crippen molar-refractivity contribution in [3.8, 4) is 11.6 Å². The number of aromatic nitrogens is 2. The molecule has 136 valence electrons. The number of anilines is 2. The van der Waals surface area contributed by atoms with E-state index in [0.29, 0.717) is 17.0 Å². The lowest BCUT2D eigenvalue weighted by Crippen LogP contribution is -2.04. The second kappa shape index (κ2) is 7.92. The molecule has 0 amide bonds. The van der Waals surface area contributed by atoms with E-state index in [-0.39, 0.29) is 17.5 Å². The maximum Gasteiger partial charge on any atom is 0.373 e. The van der Waals surface area contributed by atoms with Gasteiger partial charge in [-0.2, -0.15) is 4.98 Å². The van der Waals surface area contributed by atoms with E-state index in [4.69, 9.17) is 4.74 Å². The molecule has 0 aliphatic heterocycles. The second-order valence-electron chi connectivity index (χ2n) is 5.45. The molecule has 0 aliphatic carbocycles. The average Bonchev–Trinajstić information content (AvgIpc) is 2.64. The van der Waals surface area contributed by atoms with Crippen LogP contribution < -0.4 is 10.1 Å². The minimum Gasteiger partial charge on any atom is -0.434 e. The molecule has 0 fully saturated rings. The van der Waals surface area contributed by atoms with Gasteiger partial charge in [-0.15, -0.1) is 0 Å². The van der Waals surface area contributed by atoms with Crippen molar-refractivity contribution in [2.75, 3.05) is 5.32 Å². The van der Waals surface area contributed by atoms with Crippen LogP contribution >= 0.6 is 15.9 Å². The summed E-state index contributed by atoms with van der Waals surface area (Å²) in [6.45, 7) is 1.44. The molecule has 0 unspecified atom stereocenters. The molecule has 2 aromatic carbocycles. The Kier molecular flexibility index (Phi) is 5.41. The number of carbonyl (C=O) groups excluding carboxylic acids is 1. The van der Waals surface area contributed by atoms with Crippen molar-refractivity contribution < 1.29 is 14.5 Å². The highest BCUT2D eigenvalue weighted by Crippen LogP contribution is 2.35. The van der Waals surface area contributed by atoms with Gasteiger partial charge in [0, 0.05) is 15.7 Å². The first-order chi connectivity index (χ1) is 12.9. The summed E-state index contributed by atoms with van der Waals surface area (Å²) in [6.07, 6.45) is 1.17. The summed E-state index contributed by atoms with van der Waals surface area (Å²) >= 11 is 3.31. The monoisotopic (exact) mass is 428 g/mol. The summed E-state index contributed by atoms with van der Waals surface area (Å²) in [4.78, 5) is 30.3. The third-order valence-corrected chi connectivity index (χ3v) is 4.06. The fourth-order valence-corrected chi connectivity index (χ4v) is 2.52. The molecule has 1 aromatic heterocycles. The summed E-state index contributed by atoms with van der Waals surface area (Å²) in [6, 6.07) is 13.4. The Morgan fingerprint density at radius 2 is 1.93 bits per heavy atom. The van der Waals surface area contributed by atoms with Crippen LogP contribution in [0.5, 0.6) is 11.6 Å². The van der Waals surface area contributed by atoms with Crippen molar-refractivity contribution in [3.63, 3.8) is 0 Å². The molecule has 3 aromatic rings. The smallest absolute Gasteiger partial charge is 0.373 e. The third-order valence-electron chi connectivity index (χ3n) is 3.53. The Morgan fingerprint density at radius 3 is 2.59 bits per heavy atom. The zero-order chi connectivity index (χ0) is 19.4. The molecule has 8 nitrogen and oxygen atoms in total. The van der Waals surface area contributed by atoms with Crippen molar-refractivity contribution in [3.05, 3.63) is 75.0 Å². The van der Waals surface area contributed by atoms with Crippen LogP contribution in [-0.2, 0) is 0 Å². The Balaban J connectivity index is 1.96. The summed E-state index contributed by atoms with van der Waals surface area (Å²) in [5.74, 6) is 0.0463. The maximum absolute atomic E-state index is 11.6. The number of ketones is 1. The maximum atomic E-state index is 11.6. The minimum absolute atomic E-state index is 0.0391. The van der Waals surface area contributed by atoms with Gasteiger partial charge in [0.1, 0.15) is 12.1 Å². The first kappa shape index (κ1) is 18.5. The first-order valence-corrected chi connectivity index (χ1v) is 8.54. The second-order valence-corrected chi connectivity index (χ2v) is 6.37. The molecule has 0 radical (unpaired) electrons. The molecular formula is C18H13BrN4O4. The van der Waals surface area contributed by atoms with Crippen LogP contribution in [0.15, 0.2) is 59.3 Å². The minimum atomic E-state index is -0.620. The van der Waals surface area contributed by atoms with Crippen molar-refractivity contribution in [2.45, 2.75) is 6.92 Å². The lowest BCUT2D eigenvalue weighted by atomic mass is 10.1. The van der Waals surface area contributed by atoms with Gasteiger partial charge in [0.15, 0.2) is 5.78 Å². The number of nitro groups is 1. The van der Waals surface area contributed by atoms with Gasteiger partial charge in [-0.25, -0.2) is 4.98 Å². The van der Waals surface area contributed by atoms with Crippen LogP contribution in [0.2, 0.25) is 0 Å². The molecule has 0 bridgehead atoms. The third kappa shape index (κ3) is 4.45. The molecule has 0 atom stereocenters. The van der Waals surface area contributed by atoms with Crippen LogP contribution in [-0.4, -0.2) is 20.7 Å². The van der Waals surface area contributed by atoms with E-state index < -0.39 is 10.6 Å². The number of Topliss-reactive ketones (excluding diaryl/α,β-unsaturated/α-hetero) is 1. The van der Waals surface area contributed by atoms with Gasteiger partial charge in [-0.1, -0.05) is 28.1 Å². The van der Waals surface area contributed by atoms with Gasteiger partial charge in [-0.05, 0) is 43.3 Å². The number of hydrogen-bond donors (Lipinski definition) is 1. The highest BCUT2D eigenvalue weighted by molar-refractivity contribution is 9.10. The van der Waals surface area contributed by atoms with Gasteiger partial charge >= 0.3 is 11.6 Å². The summed E-state index contributed by atoms with van der Waals surface area (Å²) < 4.78 is 6.41. The van der Waals surface area contributed by atoms with Crippen LogP contribution in [0.4, 0.5) is 17.2 Å². The van der Waals surface area contributed by atoms with Crippen molar-refractivity contribution in [1.82, 2.24) is 9.97 Å². The SMILES string of the molecule is CC(=O)c1cccc(Nc2ncnc(Oc3ccc(Br)cc3)c2[N+](=O)[O-])c1. The zero-order valence-electron chi connectivity index (χ0n) is 14.0. The summed E-state index contributed by atoms with van der Waals surface area (Å²) in [7, 11) is 0. The van der Waals surface area contributed by atoms with Crippen LogP contribution in [0.1, 0.15) is 17.3 Å². The molecule has 3 rings (SSSR count). The van der Waals surface area contributed by atoms with Crippen LogP contribution in [0.25, 0.3) is 0 Å². The number of rotatable bonds is 6. The molecule has 1 heterocycles. The van der Waals surface area contributed by atoms with Crippen LogP contribution in [0.3, 0.4) is 0 Å². The number of carbonyl (C=O) groups is 1. The molecule has 27 heavy (non-hydrogen) atoms. The fraction of sp³-hybridized carbons (Fsp3) is 0.0556. The lowest BCUT2D eigenvalue weighted by Gasteiger charge is -2.10. The highest BCUT2D eigenvalue weighted by Gasteiger charge is 2.25. The highest BCUT2D eigenvalue weighted by atomic mass is 79.9. The number of nitrogens with one attached hydrogen (secondary N) is 1. The number of nitrogens with zero attached hydrogens (tertiary/aromatic N) is 3. The largest absolute Gasteiger partial charge is 0.434 e. The quantitative estimate of drug-likeness (QED) is 0.338. The van der Waals surface area contributed by atoms with E-state index in [0.717, 1.165) is 4.47 Å². The topological polar surface area (TPSA) is 107 Å². The molecule has 1 N–H and O–H groups in total. The predicted octanol–water partition coefficient (Wildman–Crippen LogP) is 4.89. The van der Waals surface area contributed by atoms with Crippen LogP contribution in [0, 0.1) is 10.1 Å². The van der Waals surface area contributed by atoms with Crippen molar-refractivity contribution in [2.24, 2.45) is 0 Å². The van der Waals surface area contributed by atoms with E-state index in [1.807, 2.05) is 0 Å². The van der Waals surface area contributed by atoms with E-state index >= 15 is 0 Å². The van der Waals surface area contributed by atoms with E-state index in [1.54, 1.807) is 48.5 Å². The Morgan fingerprint density at radius 1 is 1.19 bits per heavy atom. The Labute approximate surface area is 162 Å². The number of halogens is 1. The van der Waals surface area contributed by atoms with Crippen molar-refractivity contribution in [1.29, 1.82) is 0 Å².